The van der Waals surface area contributed by atoms with Gasteiger partial charge in [-0.25, -0.2) is 0 Å². The van der Waals surface area contributed by atoms with Crippen molar-refractivity contribution in [2.75, 3.05) is 6.54 Å². The molecule has 1 unspecified atom stereocenters. The van der Waals surface area contributed by atoms with Gasteiger partial charge in [0.1, 0.15) is 0 Å². The predicted molar refractivity (Wildman–Crippen MR) is 90.5 cm³/mol. The van der Waals surface area contributed by atoms with Crippen LogP contribution in [0.1, 0.15) is 22.9 Å². The van der Waals surface area contributed by atoms with Crippen LogP contribution in [0.15, 0.2) is 48.5 Å². The highest BCUT2D eigenvalue weighted by atomic mass is 35.5. The predicted octanol–water partition coefficient (Wildman–Crippen LogP) is 4.48. The van der Waals surface area contributed by atoms with E-state index in [9.17, 15) is 0 Å². The molecule has 1 aromatic heterocycles. The van der Waals surface area contributed by atoms with Crippen molar-refractivity contribution in [3.8, 4) is 0 Å². The minimum absolute atomic E-state index is 0. The standard InChI is InChI=1S/C17H15ClN2.ClH/c18-14-7-3-1-6-13(14)16-17-12(9-10-19-16)11-5-2-4-8-15(11)20-17;/h1-8,16,19-20H,9-10H2;1H. The number of fused-ring (bicyclic) bond motifs is 3. The van der Waals surface area contributed by atoms with Crippen LogP contribution in [0.2, 0.25) is 5.02 Å². The van der Waals surface area contributed by atoms with Crippen molar-refractivity contribution in [2.24, 2.45) is 0 Å². The van der Waals surface area contributed by atoms with Crippen molar-refractivity contribution in [3.05, 3.63) is 70.4 Å². The Morgan fingerprint density at radius 1 is 1.00 bits per heavy atom. The van der Waals surface area contributed by atoms with Gasteiger partial charge in [-0.15, -0.1) is 12.4 Å². The summed E-state index contributed by atoms with van der Waals surface area (Å²) >= 11 is 6.37. The molecule has 1 aliphatic heterocycles. The molecular weight excluding hydrogens is 303 g/mol. The summed E-state index contributed by atoms with van der Waals surface area (Å²) in [4.78, 5) is 3.57. The molecule has 108 valence electrons. The molecule has 21 heavy (non-hydrogen) atoms. The first-order valence-electron chi connectivity index (χ1n) is 6.92. The van der Waals surface area contributed by atoms with Gasteiger partial charge < -0.3 is 10.3 Å². The van der Waals surface area contributed by atoms with Gasteiger partial charge in [0.15, 0.2) is 0 Å². The fourth-order valence-corrected chi connectivity index (χ4v) is 3.40. The van der Waals surface area contributed by atoms with Crippen molar-refractivity contribution in [1.82, 2.24) is 10.3 Å². The molecule has 0 radical (unpaired) electrons. The van der Waals surface area contributed by atoms with E-state index in [1.165, 1.54) is 22.2 Å². The Kier molecular flexibility index (Phi) is 3.94. The third-order valence-electron chi connectivity index (χ3n) is 4.08. The van der Waals surface area contributed by atoms with E-state index in [0.717, 1.165) is 23.6 Å². The van der Waals surface area contributed by atoms with Crippen LogP contribution in [-0.2, 0) is 6.42 Å². The van der Waals surface area contributed by atoms with Crippen LogP contribution in [0.25, 0.3) is 10.9 Å². The Morgan fingerprint density at radius 3 is 2.62 bits per heavy atom. The maximum Gasteiger partial charge on any atom is 0.0746 e. The molecule has 1 aliphatic rings. The number of aromatic amines is 1. The van der Waals surface area contributed by atoms with Gasteiger partial charge in [-0.3, -0.25) is 0 Å². The SMILES string of the molecule is Cl.Clc1ccccc1C1NCCc2c1[nH]c1ccccc21. The van der Waals surface area contributed by atoms with Crippen LogP contribution in [0.3, 0.4) is 0 Å². The number of para-hydroxylation sites is 1. The monoisotopic (exact) mass is 318 g/mol. The van der Waals surface area contributed by atoms with E-state index >= 15 is 0 Å². The fraction of sp³-hybridized carbons (Fsp3) is 0.176. The van der Waals surface area contributed by atoms with E-state index < -0.39 is 0 Å². The lowest BCUT2D eigenvalue weighted by atomic mass is 9.94. The largest absolute Gasteiger partial charge is 0.357 e. The summed E-state index contributed by atoms with van der Waals surface area (Å²) in [5, 5.41) is 5.73. The maximum atomic E-state index is 6.37. The van der Waals surface area contributed by atoms with Crippen LogP contribution in [0, 0.1) is 0 Å². The molecule has 3 aromatic rings. The summed E-state index contributed by atoms with van der Waals surface area (Å²) in [5.74, 6) is 0. The van der Waals surface area contributed by atoms with Crippen molar-refractivity contribution in [1.29, 1.82) is 0 Å². The first-order chi connectivity index (χ1) is 9.84. The Balaban J connectivity index is 0.00000132. The summed E-state index contributed by atoms with van der Waals surface area (Å²) < 4.78 is 0. The molecule has 0 fully saturated rings. The van der Waals surface area contributed by atoms with Gasteiger partial charge in [0.25, 0.3) is 0 Å². The van der Waals surface area contributed by atoms with Gasteiger partial charge in [-0.1, -0.05) is 48.0 Å². The summed E-state index contributed by atoms with van der Waals surface area (Å²) in [5.41, 5.74) is 5.02. The first-order valence-corrected chi connectivity index (χ1v) is 7.29. The zero-order valence-corrected chi connectivity index (χ0v) is 13.0. The molecule has 2 N–H and O–H groups in total. The van der Waals surface area contributed by atoms with Crippen LogP contribution in [0.4, 0.5) is 0 Å². The van der Waals surface area contributed by atoms with E-state index in [1.807, 2.05) is 18.2 Å². The molecule has 0 amide bonds. The number of H-pyrrole nitrogens is 1. The molecule has 1 atom stereocenters. The van der Waals surface area contributed by atoms with E-state index in [0.29, 0.717) is 0 Å². The van der Waals surface area contributed by atoms with E-state index in [2.05, 4.69) is 40.6 Å². The molecule has 2 nitrogen and oxygen atoms in total. The highest BCUT2D eigenvalue weighted by molar-refractivity contribution is 6.31. The fourth-order valence-electron chi connectivity index (χ4n) is 3.15. The Bertz CT molecular complexity index is 779. The third-order valence-corrected chi connectivity index (χ3v) is 4.42. The molecule has 0 spiro atoms. The zero-order valence-electron chi connectivity index (χ0n) is 11.4. The van der Waals surface area contributed by atoms with Gasteiger partial charge >= 0.3 is 0 Å². The minimum Gasteiger partial charge on any atom is -0.357 e. The molecule has 0 bridgehead atoms. The average molecular weight is 319 g/mol. The zero-order chi connectivity index (χ0) is 13.5. The van der Waals surface area contributed by atoms with E-state index in [4.69, 9.17) is 11.6 Å². The normalized spacial score (nSPS) is 17.3. The van der Waals surface area contributed by atoms with Gasteiger partial charge in [0.2, 0.25) is 0 Å². The number of nitrogens with one attached hydrogen (secondary N) is 2. The van der Waals surface area contributed by atoms with Crippen LogP contribution in [0.5, 0.6) is 0 Å². The smallest absolute Gasteiger partial charge is 0.0746 e. The van der Waals surface area contributed by atoms with E-state index in [-0.39, 0.29) is 18.4 Å². The molecule has 4 rings (SSSR count). The molecule has 0 saturated carbocycles. The first kappa shape index (κ1) is 14.5. The highest BCUT2D eigenvalue weighted by Gasteiger charge is 2.26. The second-order valence-corrected chi connectivity index (χ2v) is 5.63. The minimum atomic E-state index is 0. The van der Waals surface area contributed by atoms with Gasteiger partial charge in [-0.2, -0.15) is 0 Å². The summed E-state index contributed by atoms with van der Waals surface area (Å²) in [6, 6.07) is 16.7. The number of aromatic nitrogens is 1. The number of halogens is 2. The number of hydrogen-bond donors (Lipinski definition) is 2. The van der Waals surface area contributed by atoms with Gasteiger partial charge in [0, 0.05) is 28.2 Å². The topological polar surface area (TPSA) is 27.8 Å². The second kappa shape index (κ2) is 5.72. The maximum absolute atomic E-state index is 6.37. The van der Waals surface area contributed by atoms with Crippen molar-refractivity contribution in [2.45, 2.75) is 12.5 Å². The molecule has 2 aromatic carbocycles. The summed E-state index contributed by atoms with van der Waals surface area (Å²) in [7, 11) is 0. The van der Waals surface area contributed by atoms with Crippen LogP contribution < -0.4 is 5.32 Å². The molecule has 0 aliphatic carbocycles. The summed E-state index contributed by atoms with van der Waals surface area (Å²) in [6.07, 6.45) is 1.06. The Hall–Kier alpha value is -1.48. The molecule has 4 heteroatoms. The highest BCUT2D eigenvalue weighted by Crippen LogP contribution is 2.35. The molecule has 2 heterocycles. The lowest BCUT2D eigenvalue weighted by Gasteiger charge is -2.25. The van der Waals surface area contributed by atoms with Crippen molar-refractivity contribution < 1.29 is 0 Å². The van der Waals surface area contributed by atoms with Gasteiger partial charge in [-0.05, 0) is 29.7 Å². The number of benzene rings is 2. The second-order valence-electron chi connectivity index (χ2n) is 5.22. The van der Waals surface area contributed by atoms with E-state index in [1.54, 1.807) is 0 Å². The quantitative estimate of drug-likeness (QED) is 0.680. The Morgan fingerprint density at radius 2 is 1.76 bits per heavy atom. The third kappa shape index (κ3) is 2.34. The van der Waals surface area contributed by atoms with Crippen molar-refractivity contribution >= 4 is 34.9 Å². The lowest BCUT2D eigenvalue weighted by molar-refractivity contribution is 0.560. The molecule has 0 saturated heterocycles. The number of hydrogen-bond acceptors (Lipinski definition) is 1. The van der Waals surface area contributed by atoms with Crippen LogP contribution >= 0.6 is 24.0 Å². The van der Waals surface area contributed by atoms with Gasteiger partial charge in [0.05, 0.1) is 6.04 Å². The van der Waals surface area contributed by atoms with Crippen molar-refractivity contribution in [3.63, 3.8) is 0 Å². The Labute approximate surface area is 134 Å². The number of rotatable bonds is 1. The lowest BCUT2D eigenvalue weighted by Crippen LogP contribution is -2.30. The molecular formula is C17H16Cl2N2. The summed E-state index contributed by atoms with van der Waals surface area (Å²) in [6.45, 7) is 0.977. The van der Waals surface area contributed by atoms with Crippen LogP contribution in [-0.4, -0.2) is 11.5 Å². The average Bonchev–Trinajstić information content (AvgIpc) is 2.86.